The first-order valence-electron chi connectivity index (χ1n) is 6.27. The van der Waals surface area contributed by atoms with Crippen LogP contribution in [0.2, 0.25) is 0 Å². The summed E-state index contributed by atoms with van der Waals surface area (Å²) < 4.78 is 7.05. The molecule has 0 atom stereocenters. The summed E-state index contributed by atoms with van der Waals surface area (Å²) in [6, 6.07) is 7.33. The number of hydrogen-bond donors (Lipinski definition) is 2. The van der Waals surface area contributed by atoms with Gasteiger partial charge in [0.1, 0.15) is 12.4 Å². The zero-order valence-electron chi connectivity index (χ0n) is 11.5. The first-order valence-corrected chi connectivity index (χ1v) is 7.26. The minimum atomic E-state index is -0.224. The summed E-state index contributed by atoms with van der Waals surface area (Å²) in [6.45, 7) is 0.360. The number of nitrogens with one attached hydrogen (secondary N) is 1. The molecule has 0 aliphatic rings. The second-order valence-electron chi connectivity index (χ2n) is 4.05. The van der Waals surface area contributed by atoms with Crippen LogP contribution in [0.3, 0.4) is 0 Å². The Hall–Kier alpha value is -2.17. The lowest BCUT2D eigenvalue weighted by molar-refractivity contribution is 0.344. The van der Waals surface area contributed by atoms with Crippen LogP contribution in [0.15, 0.2) is 34.2 Å². The van der Waals surface area contributed by atoms with Crippen LogP contribution < -0.4 is 10.4 Å². The van der Waals surface area contributed by atoms with Crippen molar-refractivity contribution in [2.75, 3.05) is 19.0 Å². The van der Waals surface area contributed by atoms with E-state index in [2.05, 4.69) is 22.0 Å². The fourth-order valence-electron chi connectivity index (χ4n) is 1.53. The molecule has 6 nitrogen and oxygen atoms in total. The Morgan fingerprint density at radius 2 is 2.19 bits per heavy atom. The monoisotopic (exact) mass is 305 g/mol. The van der Waals surface area contributed by atoms with Crippen molar-refractivity contribution in [1.29, 1.82) is 0 Å². The Balaban J connectivity index is 1.78. The number of aliphatic hydroxyl groups is 1. The molecule has 0 bridgehead atoms. The molecule has 7 heteroatoms. The van der Waals surface area contributed by atoms with Crippen molar-refractivity contribution in [3.8, 4) is 17.6 Å². The molecular weight excluding hydrogens is 290 g/mol. The average Bonchev–Trinajstić information content (AvgIpc) is 2.82. The van der Waals surface area contributed by atoms with Gasteiger partial charge in [0.05, 0.1) is 6.61 Å². The number of hydrogen-bond acceptors (Lipinski definition) is 5. The molecule has 2 N–H and O–H groups in total. The lowest BCUT2D eigenvalue weighted by Gasteiger charge is -2.05. The highest BCUT2D eigenvalue weighted by Gasteiger charge is 2.04. The number of benzene rings is 1. The lowest BCUT2D eigenvalue weighted by Crippen LogP contribution is -2.13. The predicted molar refractivity (Wildman–Crippen MR) is 80.5 cm³/mol. The molecule has 0 saturated heterocycles. The molecule has 110 valence electrons. The zero-order valence-corrected chi connectivity index (χ0v) is 12.3. The van der Waals surface area contributed by atoms with E-state index in [-0.39, 0.29) is 12.3 Å². The topological polar surface area (TPSA) is 80.1 Å². The Labute approximate surface area is 126 Å². The minimum Gasteiger partial charge on any atom is -0.493 e. The Morgan fingerprint density at radius 1 is 1.43 bits per heavy atom. The largest absolute Gasteiger partial charge is 0.493 e. The molecular formula is C14H15N3O3S. The summed E-state index contributed by atoms with van der Waals surface area (Å²) in [5, 5.41) is 15.5. The standard InChI is InChI=1S/C14H15N3O3S/c1-17-13(19)15-16-14(17)21-10-9-20-12-6-4-11(5-7-12)3-2-8-18/h4-7,18H,8-10H2,1H3,(H,15,19). The predicted octanol–water partition coefficient (Wildman–Crippen LogP) is 0.623. The molecule has 0 spiro atoms. The Morgan fingerprint density at radius 3 is 2.81 bits per heavy atom. The van der Waals surface area contributed by atoms with Gasteiger partial charge in [-0.3, -0.25) is 4.57 Å². The normalized spacial score (nSPS) is 10.0. The molecule has 0 saturated carbocycles. The molecule has 0 amide bonds. The highest BCUT2D eigenvalue weighted by molar-refractivity contribution is 7.99. The van der Waals surface area contributed by atoms with Crippen LogP contribution >= 0.6 is 11.8 Å². The van der Waals surface area contributed by atoms with Crippen molar-refractivity contribution in [2.24, 2.45) is 7.05 Å². The molecule has 0 unspecified atom stereocenters. The quantitative estimate of drug-likeness (QED) is 0.481. The van der Waals surface area contributed by atoms with Crippen molar-refractivity contribution in [2.45, 2.75) is 5.16 Å². The lowest BCUT2D eigenvalue weighted by atomic mass is 10.2. The number of H-pyrrole nitrogens is 1. The van der Waals surface area contributed by atoms with Gasteiger partial charge in [0, 0.05) is 18.4 Å². The van der Waals surface area contributed by atoms with E-state index in [4.69, 9.17) is 9.84 Å². The molecule has 1 aromatic heterocycles. The van der Waals surface area contributed by atoms with Crippen molar-refractivity contribution >= 4 is 11.8 Å². The van der Waals surface area contributed by atoms with E-state index in [1.165, 1.54) is 16.3 Å². The third-order valence-electron chi connectivity index (χ3n) is 2.59. The molecule has 0 radical (unpaired) electrons. The molecule has 2 aromatic rings. The van der Waals surface area contributed by atoms with Crippen molar-refractivity contribution in [1.82, 2.24) is 14.8 Å². The van der Waals surface area contributed by atoms with Gasteiger partial charge in [0.2, 0.25) is 0 Å². The second kappa shape index (κ2) is 7.57. The molecule has 0 fully saturated rings. The van der Waals surface area contributed by atoms with Gasteiger partial charge in [-0.15, -0.1) is 5.10 Å². The molecule has 21 heavy (non-hydrogen) atoms. The molecule has 0 aliphatic heterocycles. The van der Waals surface area contributed by atoms with Crippen LogP contribution in [0, 0.1) is 11.8 Å². The summed E-state index contributed by atoms with van der Waals surface area (Å²) in [5.41, 5.74) is 0.607. The fraction of sp³-hybridized carbons (Fsp3) is 0.286. The van der Waals surface area contributed by atoms with Gasteiger partial charge in [-0.1, -0.05) is 23.6 Å². The summed E-state index contributed by atoms with van der Waals surface area (Å²) in [5.74, 6) is 6.84. The van der Waals surface area contributed by atoms with Gasteiger partial charge in [-0.2, -0.15) is 0 Å². The molecule has 1 aromatic carbocycles. The average molecular weight is 305 g/mol. The Kier molecular flexibility index (Phi) is 5.49. The summed E-state index contributed by atoms with van der Waals surface area (Å²) in [6.07, 6.45) is 0. The zero-order chi connectivity index (χ0) is 15.1. The maximum atomic E-state index is 11.2. The van der Waals surface area contributed by atoms with Crippen molar-refractivity contribution in [3.05, 3.63) is 40.3 Å². The third kappa shape index (κ3) is 4.41. The van der Waals surface area contributed by atoms with Crippen molar-refractivity contribution < 1.29 is 9.84 Å². The van der Waals surface area contributed by atoms with E-state index in [0.717, 1.165) is 11.3 Å². The number of nitrogens with zero attached hydrogens (tertiary/aromatic N) is 2. The number of ether oxygens (including phenoxy) is 1. The van der Waals surface area contributed by atoms with Gasteiger partial charge in [-0.05, 0) is 24.3 Å². The first-order chi connectivity index (χ1) is 10.2. The van der Waals surface area contributed by atoms with Crippen LogP contribution in [0.25, 0.3) is 0 Å². The van der Waals surface area contributed by atoms with Gasteiger partial charge in [0.15, 0.2) is 5.16 Å². The van der Waals surface area contributed by atoms with Crippen LogP contribution in [-0.2, 0) is 7.05 Å². The summed E-state index contributed by atoms with van der Waals surface area (Å²) >= 11 is 1.45. The summed E-state index contributed by atoms with van der Waals surface area (Å²) in [4.78, 5) is 11.2. The van der Waals surface area contributed by atoms with E-state index in [1.54, 1.807) is 7.05 Å². The number of rotatable bonds is 5. The molecule has 0 aliphatic carbocycles. The number of thioether (sulfide) groups is 1. The van der Waals surface area contributed by atoms with Crippen LogP contribution in [0.4, 0.5) is 0 Å². The van der Waals surface area contributed by atoms with Gasteiger partial charge < -0.3 is 9.84 Å². The van der Waals surface area contributed by atoms with Crippen LogP contribution in [0.5, 0.6) is 5.75 Å². The van der Waals surface area contributed by atoms with E-state index < -0.39 is 0 Å². The van der Waals surface area contributed by atoms with Crippen LogP contribution in [0.1, 0.15) is 5.56 Å². The third-order valence-corrected chi connectivity index (χ3v) is 3.58. The maximum absolute atomic E-state index is 11.2. The fourth-order valence-corrected chi connectivity index (χ4v) is 2.27. The second-order valence-corrected chi connectivity index (χ2v) is 5.11. The summed E-state index contributed by atoms with van der Waals surface area (Å²) in [7, 11) is 1.67. The molecule has 1 heterocycles. The van der Waals surface area contributed by atoms with Crippen molar-refractivity contribution in [3.63, 3.8) is 0 Å². The highest BCUT2D eigenvalue weighted by atomic mass is 32.2. The molecule has 2 rings (SSSR count). The number of aromatic nitrogens is 3. The highest BCUT2D eigenvalue weighted by Crippen LogP contribution is 2.14. The maximum Gasteiger partial charge on any atom is 0.343 e. The Bertz CT molecular complexity index is 695. The van der Waals surface area contributed by atoms with Gasteiger partial charge in [-0.25, -0.2) is 9.89 Å². The van der Waals surface area contributed by atoms with Gasteiger partial charge >= 0.3 is 5.69 Å². The van der Waals surface area contributed by atoms with E-state index in [1.807, 2.05) is 24.3 Å². The smallest absolute Gasteiger partial charge is 0.343 e. The van der Waals surface area contributed by atoms with Gasteiger partial charge in [0.25, 0.3) is 0 Å². The van der Waals surface area contributed by atoms with Crippen LogP contribution in [-0.4, -0.2) is 38.8 Å². The minimum absolute atomic E-state index is 0.148. The first kappa shape index (κ1) is 15.2. The number of aromatic amines is 1. The number of aliphatic hydroxyl groups excluding tert-OH is 1. The van der Waals surface area contributed by atoms with E-state index in [9.17, 15) is 4.79 Å². The van der Waals surface area contributed by atoms with E-state index >= 15 is 0 Å². The SMILES string of the molecule is Cn1c(SCCOc2ccc(C#CCO)cc2)n[nH]c1=O. The van der Waals surface area contributed by atoms with E-state index in [0.29, 0.717) is 17.5 Å².